The molecule has 1 aliphatic rings. The van der Waals surface area contributed by atoms with Crippen LogP contribution in [0.25, 0.3) is 0 Å². The predicted molar refractivity (Wildman–Crippen MR) is 84.5 cm³/mol. The van der Waals surface area contributed by atoms with Crippen LogP contribution in [0.1, 0.15) is 32.9 Å². The van der Waals surface area contributed by atoms with Gasteiger partial charge >= 0.3 is 0 Å². The Bertz CT molecular complexity index is 480. The molecule has 1 saturated heterocycles. The van der Waals surface area contributed by atoms with Gasteiger partial charge in [0.2, 0.25) is 5.91 Å². The van der Waals surface area contributed by atoms with E-state index < -0.39 is 0 Å². The molecule has 2 heterocycles. The van der Waals surface area contributed by atoms with Crippen molar-refractivity contribution in [2.45, 2.75) is 52.7 Å². The molecule has 1 fully saturated rings. The molecule has 1 amide bonds. The summed E-state index contributed by atoms with van der Waals surface area (Å²) < 4.78 is 1.63. The van der Waals surface area contributed by atoms with Gasteiger partial charge < -0.3 is 4.90 Å². The summed E-state index contributed by atoms with van der Waals surface area (Å²) in [6, 6.07) is 0.977. The zero-order valence-corrected chi connectivity index (χ0v) is 14.1. The molecular formula is C15H25ClN4O. The molecule has 0 unspecified atom stereocenters. The molecule has 21 heavy (non-hydrogen) atoms. The van der Waals surface area contributed by atoms with E-state index in [0.29, 0.717) is 17.1 Å². The third kappa shape index (κ3) is 3.77. The van der Waals surface area contributed by atoms with Crippen LogP contribution in [0.2, 0.25) is 5.02 Å². The molecule has 118 valence electrons. The highest BCUT2D eigenvalue weighted by Crippen LogP contribution is 2.17. The predicted octanol–water partition coefficient (Wildman–Crippen LogP) is 2.18. The number of carbonyl (C=O) groups excluding carboxylic acids is 1. The summed E-state index contributed by atoms with van der Waals surface area (Å²) in [4.78, 5) is 16.9. The van der Waals surface area contributed by atoms with E-state index in [1.165, 1.54) is 0 Å². The van der Waals surface area contributed by atoms with E-state index in [1.807, 2.05) is 11.8 Å². The van der Waals surface area contributed by atoms with Gasteiger partial charge in [-0.15, -0.1) is 0 Å². The van der Waals surface area contributed by atoms with Gasteiger partial charge in [0.1, 0.15) is 6.54 Å². The number of halogens is 1. The highest BCUT2D eigenvalue weighted by atomic mass is 35.5. The molecule has 1 aromatic heterocycles. The molecule has 6 heteroatoms. The van der Waals surface area contributed by atoms with Gasteiger partial charge in [-0.05, 0) is 27.2 Å². The lowest BCUT2D eigenvalue weighted by Gasteiger charge is -2.43. The molecule has 0 N–H and O–H groups in total. The van der Waals surface area contributed by atoms with Crippen LogP contribution in [-0.2, 0) is 11.3 Å². The van der Waals surface area contributed by atoms with Crippen molar-refractivity contribution < 1.29 is 4.79 Å². The maximum Gasteiger partial charge on any atom is 0.244 e. The summed E-state index contributed by atoms with van der Waals surface area (Å²) in [6.07, 6.45) is 2.78. The van der Waals surface area contributed by atoms with Crippen molar-refractivity contribution in [3.05, 3.63) is 16.9 Å². The zero-order chi connectivity index (χ0) is 15.6. The van der Waals surface area contributed by atoms with E-state index in [2.05, 4.69) is 30.8 Å². The van der Waals surface area contributed by atoms with E-state index in [-0.39, 0.29) is 12.5 Å². The molecule has 1 aromatic rings. The van der Waals surface area contributed by atoms with Crippen LogP contribution in [0.15, 0.2) is 6.20 Å². The normalized spacial score (nSPS) is 20.3. The summed E-state index contributed by atoms with van der Waals surface area (Å²) in [5, 5.41) is 4.86. The van der Waals surface area contributed by atoms with Crippen molar-refractivity contribution in [1.82, 2.24) is 19.6 Å². The number of piperazine rings is 1. The summed E-state index contributed by atoms with van der Waals surface area (Å²) >= 11 is 5.98. The first kappa shape index (κ1) is 16.3. The van der Waals surface area contributed by atoms with Crippen molar-refractivity contribution in [3.8, 4) is 0 Å². The molecule has 0 spiro atoms. The fourth-order valence-electron chi connectivity index (χ4n) is 2.95. The average Bonchev–Trinajstić information content (AvgIpc) is 2.76. The second-order valence-electron chi connectivity index (χ2n) is 5.99. The van der Waals surface area contributed by atoms with Crippen LogP contribution in [-0.4, -0.2) is 57.2 Å². The lowest BCUT2D eigenvalue weighted by Crippen LogP contribution is -2.56. The molecule has 0 aromatic carbocycles. The number of aryl methyl sites for hydroxylation is 1. The van der Waals surface area contributed by atoms with Crippen LogP contribution in [0, 0.1) is 6.92 Å². The fraction of sp³-hybridized carbons (Fsp3) is 0.733. The zero-order valence-electron chi connectivity index (χ0n) is 13.3. The van der Waals surface area contributed by atoms with Gasteiger partial charge in [0.15, 0.2) is 0 Å². The Morgan fingerprint density at radius 1 is 1.48 bits per heavy atom. The summed E-state index contributed by atoms with van der Waals surface area (Å²) in [6.45, 7) is 11.3. The van der Waals surface area contributed by atoms with Crippen molar-refractivity contribution in [3.63, 3.8) is 0 Å². The van der Waals surface area contributed by atoms with Crippen LogP contribution in [0.4, 0.5) is 0 Å². The number of hydrogen-bond donors (Lipinski definition) is 0. The quantitative estimate of drug-likeness (QED) is 0.855. The van der Waals surface area contributed by atoms with Crippen LogP contribution >= 0.6 is 11.6 Å². The number of carbonyl (C=O) groups is 1. The SMILES string of the molecule is CC[C@@H]1CN(C(=O)Cn2cc(Cl)c(C)n2)CCN1C(C)C. The molecule has 1 aliphatic heterocycles. The van der Waals surface area contributed by atoms with Crippen molar-refractivity contribution >= 4 is 17.5 Å². The molecule has 2 rings (SSSR count). The number of nitrogens with zero attached hydrogens (tertiary/aromatic N) is 4. The third-order valence-corrected chi connectivity index (χ3v) is 4.57. The summed E-state index contributed by atoms with van der Waals surface area (Å²) in [5.74, 6) is 0.121. The van der Waals surface area contributed by atoms with Gasteiger partial charge in [0.05, 0.1) is 10.7 Å². The maximum atomic E-state index is 12.4. The van der Waals surface area contributed by atoms with Crippen molar-refractivity contribution in [1.29, 1.82) is 0 Å². The largest absolute Gasteiger partial charge is 0.338 e. The van der Waals surface area contributed by atoms with Gasteiger partial charge in [-0.1, -0.05) is 18.5 Å². The minimum absolute atomic E-state index is 0.121. The second-order valence-corrected chi connectivity index (χ2v) is 6.40. The Labute approximate surface area is 131 Å². The first-order chi connectivity index (χ1) is 9.92. The number of amides is 1. The first-order valence-corrected chi connectivity index (χ1v) is 8.03. The Morgan fingerprint density at radius 3 is 2.71 bits per heavy atom. The average molecular weight is 313 g/mol. The molecule has 0 bridgehead atoms. The second kappa shape index (κ2) is 6.79. The van der Waals surface area contributed by atoms with E-state index in [9.17, 15) is 4.79 Å². The Kier molecular flexibility index (Phi) is 5.27. The van der Waals surface area contributed by atoms with Crippen LogP contribution < -0.4 is 0 Å². The lowest BCUT2D eigenvalue weighted by molar-refractivity contribution is -0.135. The maximum absolute atomic E-state index is 12.4. The van der Waals surface area contributed by atoms with E-state index in [4.69, 9.17) is 11.6 Å². The molecule has 0 radical (unpaired) electrons. The fourth-order valence-corrected chi connectivity index (χ4v) is 3.10. The van der Waals surface area contributed by atoms with Gasteiger partial charge in [-0.3, -0.25) is 14.4 Å². The van der Waals surface area contributed by atoms with Crippen LogP contribution in [0.3, 0.4) is 0 Å². The van der Waals surface area contributed by atoms with Gasteiger partial charge in [0, 0.05) is 37.9 Å². The van der Waals surface area contributed by atoms with Crippen molar-refractivity contribution in [2.75, 3.05) is 19.6 Å². The topological polar surface area (TPSA) is 41.4 Å². The highest BCUT2D eigenvalue weighted by Gasteiger charge is 2.29. The monoisotopic (exact) mass is 312 g/mol. The van der Waals surface area contributed by atoms with E-state index in [0.717, 1.165) is 31.7 Å². The number of hydrogen-bond acceptors (Lipinski definition) is 3. The first-order valence-electron chi connectivity index (χ1n) is 7.65. The summed E-state index contributed by atoms with van der Waals surface area (Å²) in [7, 11) is 0. The molecular weight excluding hydrogens is 288 g/mol. The molecule has 1 atom stereocenters. The van der Waals surface area contributed by atoms with E-state index >= 15 is 0 Å². The molecule has 5 nitrogen and oxygen atoms in total. The number of aromatic nitrogens is 2. The smallest absolute Gasteiger partial charge is 0.244 e. The van der Waals surface area contributed by atoms with Gasteiger partial charge in [0.25, 0.3) is 0 Å². The minimum atomic E-state index is 0.121. The Morgan fingerprint density at radius 2 is 2.19 bits per heavy atom. The van der Waals surface area contributed by atoms with Gasteiger partial charge in [-0.25, -0.2) is 0 Å². The number of rotatable bonds is 4. The van der Waals surface area contributed by atoms with E-state index in [1.54, 1.807) is 10.9 Å². The van der Waals surface area contributed by atoms with Crippen molar-refractivity contribution in [2.24, 2.45) is 0 Å². The third-order valence-electron chi connectivity index (χ3n) is 4.20. The van der Waals surface area contributed by atoms with Crippen LogP contribution in [0.5, 0.6) is 0 Å². The van der Waals surface area contributed by atoms with Gasteiger partial charge in [-0.2, -0.15) is 5.10 Å². The Hall–Kier alpha value is -1.07. The minimum Gasteiger partial charge on any atom is -0.338 e. The Balaban J connectivity index is 1.97. The molecule has 0 aliphatic carbocycles. The summed E-state index contributed by atoms with van der Waals surface area (Å²) in [5.41, 5.74) is 0.764. The lowest BCUT2D eigenvalue weighted by atomic mass is 10.1. The standard InChI is InChI=1S/C15H25ClN4O/c1-5-13-8-18(6-7-20(13)11(2)3)15(21)10-19-9-14(16)12(4)17-19/h9,11,13H,5-8,10H2,1-4H3/t13-/m1/s1. The molecule has 0 saturated carbocycles. The highest BCUT2D eigenvalue weighted by molar-refractivity contribution is 6.31.